The zero-order chi connectivity index (χ0) is 15.9. The zero-order valence-corrected chi connectivity index (χ0v) is 13.8. The van der Waals surface area contributed by atoms with Crippen LogP contribution in [0.2, 0.25) is 0 Å². The highest BCUT2D eigenvalue weighted by Crippen LogP contribution is 2.32. The summed E-state index contributed by atoms with van der Waals surface area (Å²) in [5.74, 6) is 0.0240. The van der Waals surface area contributed by atoms with E-state index in [1.807, 2.05) is 0 Å². The molecule has 0 bridgehead atoms. The summed E-state index contributed by atoms with van der Waals surface area (Å²) in [5.41, 5.74) is 0.630. The molecule has 0 heterocycles. The minimum atomic E-state index is -3.76. The van der Waals surface area contributed by atoms with Gasteiger partial charge in [-0.2, -0.15) is 0 Å². The van der Waals surface area contributed by atoms with Gasteiger partial charge in [-0.15, -0.1) is 0 Å². The van der Waals surface area contributed by atoms with E-state index in [0.717, 1.165) is 12.8 Å². The molecule has 0 aromatic heterocycles. The Kier molecular flexibility index (Phi) is 7.35. The van der Waals surface area contributed by atoms with E-state index in [-0.39, 0.29) is 23.3 Å². The first kappa shape index (κ1) is 18.1. The maximum Gasteiger partial charge on any atom is 0.238 e. The van der Waals surface area contributed by atoms with E-state index in [9.17, 15) is 13.5 Å². The van der Waals surface area contributed by atoms with E-state index in [4.69, 9.17) is 5.14 Å². The van der Waals surface area contributed by atoms with Crippen LogP contribution in [0.1, 0.15) is 57.4 Å². The van der Waals surface area contributed by atoms with Crippen molar-refractivity contribution in [2.24, 2.45) is 11.1 Å². The van der Waals surface area contributed by atoms with E-state index in [1.165, 1.54) is 25.3 Å². The van der Waals surface area contributed by atoms with Gasteiger partial charge in [-0.25, -0.2) is 13.6 Å². The van der Waals surface area contributed by atoms with Gasteiger partial charge in [0.05, 0.1) is 11.5 Å². The number of unbranched alkanes of at least 4 members (excludes halogenated alkanes) is 3. The second-order valence-corrected chi connectivity index (χ2v) is 7.23. The third-order valence-electron chi connectivity index (χ3n) is 4.02. The molecule has 0 amide bonds. The van der Waals surface area contributed by atoms with E-state index >= 15 is 0 Å². The Bertz CT molecular complexity index is 528. The Morgan fingerprint density at radius 2 is 1.86 bits per heavy atom. The molecule has 1 rings (SSSR count). The fraction of sp³-hybridized carbons (Fsp3) is 0.625. The highest BCUT2D eigenvalue weighted by Gasteiger charge is 2.24. The molecule has 3 N–H and O–H groups in total. The van der Waals surface area contributed by atoms with Crippen LogP contribution >= 0.6 is 0 Å². The van der Waals surface area contributed by atoms with Crippen LogP contribution in [0.25, 0.3) is 0 Å². The number of hydrogen-bond acceptors (Lipinski definition) is 3. The molecule has 4 nitrogen and oxygen atoms in total. The molecular formula is C16H27NO3S. The molecule has 0 aliphatic carbocycles. The average Bonchev–Trinajstić information content (AvgIpc) is 2.44. The molecule has 120 valence electrons. The van der Waals surface area contributed by atoms with Crippen molar-refractivity contribution in [3.63, 3.8) is 0 Å². The molecule has 0 saturated carbocycles. The van der Waals surface area contributed by atoms with E-state index in [1.54, 1.807) is 18.2 Å². The van der Waals surface area contributed by atoms with Crippen molar-refractivity contribution in [2.75, 3.05) is 6.61 Å². The number of aliphatic hydroxyl groups excluding tert-OH is 1. The highest BCUT2D eigenvalue weighted by atomic mass is 32.2. The van der Waals surface area contributed by atoms with Crippen molar-refractivity contribution >= 4 is 10.0 Å². The van der Waals surface area contributed by atoms with Crippen molar-refractivity contribution in [2.45, 2.75) is 56.8 Å². The Balaban J connectivity index is 2.90. The molecular weight excluding hydrogens is 286 g/mol. The summed E-state index contributed by atoms with van der Waals surface area (Å²) in [4.78, 5) is 0.129. The molecule has 0 aliphatic rings. The van der Waals surface area contributed by atoms with E-state index < -0.39 is 10.0 Å². The monoisotopic (exact) mass is 313 g/mol. The molecule has 2 atom stereocenters. The molecule has 0 saturated heterocycles. The first-order valence-corrected chi connectivity index (χ1v) is 9.19. The number of primary sulfonamides is 1. The standard InChI is InChI=1S/C16H27NO3S/c1-3-4-5-6-9-13(2)15(12-18)14-10-7-8-11-16(14)21(17,19)20/h7-8,10-11,13,15,18H,3-6,9,12H2,1-2H3,(H2,17,19,20)/t13-,15+/m1/s1. The summed E-state index contributed by atoms with van der Waals surface area (Å²) < 4.78 is 23.4. The molecule has 0 fully saturated rings. The van der Waals surface area contributed by atoms with Crippen LogP contribution in [0.5, 0.6) is 0 Å². The third kappa shape index (κ3) is 5.41. The number of rotatable bonds is 9. The highest BCUT2D eigenvalue weighted by molar-refractivity contribution is 7.89. The summed E-state index contributed by atoms with van der Waals surface area (Å²) >= 11 is 0. The minimum absolute atomic E-state index is 0.0680. The second kappa shape index (κ2) is 8.51. The molecule has 0 unspecified atom stereocenters. The number of aliphatic hydroxyl groups is 1. The largest absolute Gasteiger partial charge is 0.396 e. The van der Waals surface area contributed by atoms with Crippen molar-refractivity contribution in [3.05, 3.63) is 29.8 Å². The summed E-state index contributed by atoms with van der Waals surface area (Å²) in [6.45, 7) is 4.16. The number of sulfonamides is 1. The van der Waals surface area contributed by atoms with Crippen LogP contribution in [0.4, 0.5) is 0 Å². The van der Waals surface area contributed by atoms with Gasteiger partial charge in [0.15, 0.2) is 0 Å². The minimum Gasteiger partial charge on any atom is -0.396 e. The Morgan fingerprint density at radius 3 is 2.43 bits per heavy atom. The molecule has 21 heavy (non-hydrogen) atoms. The van der Waals surface area contributed by atoms with E-state index in [2.05, 4.69) is 13.8 Å². The van der Waals surface area contributed by atoms with Gasteiger partial charge in [0.2, 0.25) is 10.0 Å². The Morgan fingerprint density at radius 1 is 1.19 bits per heavy atom. The van der Waals surface area contributed by atoms with Crippen molar-refractivity contribution in [1.29, 1.82) is 0 Å². The van der Waals surface area contributed by atoms with Crippen molar-refractivity contribution in [3.8, 4) is 0 Å². The summed E-state index contributed by atoms with van der Waals surface area (Å²) in [5, 5.41) is 15.0. The fourth-order valence-corrected chi connectivity index (χ4v) is 3.54. The lowest BCUT2D eigenvalue weighted by Gasteiger charge is -2.24. The van der Waals surface area contributed by atoms with Crippen LogP contribution in [-0.2, 0) is 10.0 Å². The fourth-order valence-electron chi connectivity index (χ4n) is 2.73. The van der Waals surface area contributed by atoms with Crippen molar-refractivity contribution in [1.82, 2.24) is 0 Å². The predicted molar refractivity (Wildman–Crippen MR) is 85.6 cm³/mol. The molecule has 1 aromatic carbocycles. The maximum atomic E-state index is 11.7. The van der Waals surface area contributed by atoms with Gasteiger partial charge in [-0.05, 0) is 17.5 Å². The van der Waals surface area contributed by atoms with Gasteiger partial charge in [0.1, 0.15) is 0 Å². The van der Waals surface area contributed by atoms with Gasteiger partial charge < -0.3 is 5.11 Å². The average molecular weight is 313 g/mol. The smallest absolute Gasteiger partial charge is 0.238 e. The van der Waals surface area contributed by atoms with Crippen LogP contribution < -0.4 is 5.14 Å². The lowest BCUT2D eigenvalue weighted by atomic mass is 9.84. The third-order valence-corrected chi connectivity index (χ3v) is 5.01. The number of hydrogen-bond donors (Lipinski definition) is 2. The first-order valence-electron chi connectivity index (χ1n) is 7.64. The topological polar surface area (TPSA) is 80.4 Å². The lowest BCUT2D eigenvalue weighted by molar-refractivity contribution is 0.222. The van der Waals surface area contributed by atoms with Gasteiger partial charge in [0, 0.05) is 5.92 Å². The summed E-state index contributed by atoms with van der Waals surface area (Å²) in [6, 6.07) is 6.71. The second-order valence-electron chi connectivity index (χ2n) is 5.70. The van der Waals surface area contributed by atoms with Gasteiger partial charge in [-0.1, -0.05) is 64.2 Å². The number of nitrogens with two attached hydrogens (primary N) is 1. The van der Waals surface area contributed by atoms with Crippen LogP contribution in [0, 0.1) is 5.92 Å². The van der Waals surface area contributed by atoms with Gasteiger partial charge in [0.25, 0.3) is 0 Å². The van der Waals surface area contributed by atoms with Crippen LogP contribution in [0.15, 0.2) is 29.2 Å². The normalized spacial score (nSPS) is 14.9. The lowest BCUT2D eigenvalue weighted by Crippen LogP contribution is -2.20. The number of benzene rings is 1. The van der Waals surface area contributed by atoms with Gasteiger partial charge in [-0.3, -0.25) is 0 Å². The predicted octanol–water partition coefficient (Wildman–Crippen LogP) is 3.02. The maximum absolute atomic E-state index is 11.7. The Labute approximate surface area is 128 Å². The van der Waals surface area contributed by atoms with Gasteiger partial charge >= 0.3 is 0 Å². The quantitative estimate of drug-likeness (QED) is 0.688. The molecule has 0 aliphatic heterocycles. The van der Waals surface area contributed by atoms with E-state index in [0.29, 0.717) is 5.56 Å². The molecule has 0 spiro atoms. The molecule has 0 radical (unpaired) electrons. The SMILES string of the molecule is CCCCCC[C@@H](C)[C@H](CO)c1ccccc1S(N)(=O)=O. The zero-order valence-electron chi connectivity index (χ0n) is 13.0. The van der Waals surface area contributed by atoms with Crippen molar-refractivity contribution < 1.29 is 13.5 Å². The van der Waals surface area contributed by atoms with Crippen LogP contribution in [-0.4, -0.2) is 20.1 Å². The van der Waals surface area contributed by atoms with Crippen LogP contribution in [0.3, 0.4) is 0 Å². The Hall–Kier alpha value is -0.910. The summed E-state index contributed by atoms with van der Waals surface area (Å²) in [6.07, 6.45) is 5.65. The first-order chi connectivity index (χ1) is 9.91. The molecule has 1 aromatic rings. The molecule has 5 heteroatoms. The summed E-state index contributed by atoms with van der Waals surface area (Å²) in [7, 11) is -3.76.